The molecule has 1 N–H and O–H groups in total. The highest BCUT2D eigenvalue weighted by molar-refractivity contribution is 5.81. The molecule has 2 amide bonds. The highest BCUT2D eigenvalue weighted by Crippen LogP contribution is 2.41. The maximum Gasteiger partial charge on any atom is 0.223 e. The van der Waals surface area contributed by atoms with Gasteiger partial charge >= 0.3 is 0 Å². The molecule has 0 radical (unpaired) electrons. The van der Waals surface area contributed by atoms with Crippen molar-refractivity contribution in [2.75, 3.05) is 27.3 Å². The molecule has 0 bridgehead atoms. The Morgan fingerprint density at radius 3 is 2.41 bits per heavy atom. The fourth-order valence-corrected chi connectivity index (χ4v) is 4.54. The number of benzene rings is 1. The van der Waals surface area contributed by atoms with Crippen LogP contribution in [0.1, 0.15) is 63.6 Å². The number of rotatable bonds is 2. The van der Waals surface area contributed by atoms with Crippen molar-refractivity contribution in [3.63, 3.8) is 0 Å². The van der Waals surface area contributed by atoms with Gasteiger partial charge in [0.25, 0.3) is 0 Å². The zero-order valence-corrected chi connectivity index (χ0v) is 18.3. The lowest BCUT2D eigenvalue weighted by atomic mass is 9.75. The molecule has 1 aromatic rings. The summed E-state index contributed by atoms with van der Waals surface area (Å²) in [6.07, 6.45) is 3.38. The topological polar surface area (TPSA) is 67.9 Å². The summed E-state index contributed by atoms with van der Waals surface area (Å²) in [7, 11) is 3.23. The normalized spacial score (nSPS) is 23.4. The Bertz CT molecular complexity index is 769. The van der Waals surface area contributed by atoms with Crippen molar-refractivity contribution in [3.8, 4) is 11.5 Å². The van der Waals surface area contributed by atoms with Crippen molar-refractivity contribution in [1.82, 2.24) is 10.2 Å². The van der Waals surface area contributed by atoms with Crippen molar-refractivity contribution in [2.45, 2.75) is 58.9 Å². The summed E-state index contributed by atoms with van der Waals surface area (Å²) < 4.78 is 10.9. The summed E-state index contributed by atoms with van der Waals surface area (Å²) >= 11 is 0. The number of carbonyl (C=O) groups excluding carboxylic acids is 2. The summed E-state index contributed by atoms with van der Waals surface area (Å²) in [4.78, 5) is 27.9. The second-order valence-corrected chi connectivity index (χ2v) is 9.22. The minimum absolute atomic E-state index is 0.00959. The predicted octanol–water partition coefficient (Wildman–Crippen LogP) is 3.48. The monoisotopic (exact) mass is 402 g/mol. The molecule has 6 nitrogen and oxygen atoms in total. The standard InChI is InChI=1S/C23H34N2O4/c1-23(2,3)16-7-6-9-24-21(26)14-18-17-13-20(29-5)19(28-4)11-15(17)8-10-25(18)22(27)12-16/h11,13,16,18H,6-10,12,14H2,1-5H3,(H,24,26). The van der Waals surface area contributed by atoms with E-state index >= 15 is 0 Å². The van der Waals surface area contributed by atoms with Gasteiger partial charge in [0.15, 0.2) is 11.5 Å². The van der Waals surface area contributed by atoms with Gasteiger partial charge in [0.1, 0.15) is 0 Å². The number of fused-ring (bicyclic) bond motifs is 3. The van der Waals surface area contributed by atoms with Crippen LogP contribution in [0.4, 0.5) is 0 Å². The quantitative estimate of drug-likeness (QED) is 0.822. The zero-order chi connectivity index (χ0) is 21.2. The van der Waals surface area contributed by atoms with Gasteiger partial charge in [0, 0.05) is 19.5 Å². The Hall–Kier alpha value is -2.24. The van der Waals surface area contributed by atoms with Crippen LogP contribution < -0.4 is 14.8 Å². The van der Waals surface area contributed by atoms with Gasteiger partial charge in [-0.2, -0.15) is 0 Å². The van der Waals surface area contributed by atoms with E-state index in [1.165, 1.54) is 0 Å². The minimum Gasteiger partial charge on any atom is -0.493 e. The van der Waals surface area contributed by atoms with Crippen molar-refractivity contribution >= 4 is 11.8 Å². The Balaban J connectivity index is 1.99. The van der Waals surface area contributed by atoms with Gasteiger partial charge in [0.2, 0.25) is 11.8 Å². The predicted molar refractivity (Wildman–Crippen MR) is 112 cm³/mol. The van der Waals surface area contributed by atoms with Crippen LogP contribution in [-0.4, -0.2) is 44.0 Å². The average Bonchev–Trinajstić information content (AvgIpc) is 2.70. The second-order valence-electron chi connectivity index (χ2n) is 9.22. The summed E-state index contributed by atoms with van der Waals surface area (Å²) in [6, 6.07) is 3.65. The average molecular weight is 403 g/mol. The molecule has 0 saturated carbocycles. The van der Waals surface area contributed by atoms with E-state index in [0.717, 1.165) is 30.4 Å². The molecule has 1 saturated heterocycles. The lowest BCUT2D eigenvalue weighted by molar-refractivity contribution is -0.137. The maximum atomic E-state index is 13.4. The summed E-state index contributed by atoms with van der Waals surface area (Å²) in [5.41, 5.74) is 2.16. The third-order valence-corrected chi connectivity index (χ3v) is 6.40. The Morgan fingerprint density at radius 1 is 1.07 bits per heavy atom. The molecule has 160 valence electrons. The van der Waals surface area contributed by atoms with Crippen molar-refractivity contribution in [3.05, 3.63) is 23.3 Å². The molecule has 0 spiro atoms. The number of hydrogen-bond acceptors (Lipinski definition) is 4. The molecule has 0 aliphatic carbocycles. The van der Waals surface area contributed by atoms with Gasteiger partial charge in [-0.05, 0) is 53.9 Å². The number of ether oxygens (including phenoxy) is 2. The van der Waals surface area contributed by atoms with Crippen LogP contribution in [0, 0.1) is 11.3 Å². The van der Waals surface area contributed by atoms with E-state index in [4.69, 9.17) is 9.47 Å². The fourth-order valence-electron chi connectivity index (χ4n) is 4.54. The first-order valence-electron chi connectivity index (χ1n) is 10.6. The van der Waals surface area contributed by atoms with Gasteiger partial charge in [-0.15, -0.1) is 0 Å². The summed E-state index contributed by atoms with van der Waals surface area (Å²) in [5, 5.41) is 3.05. The first-order valence-corrected chi connectivity index (χ1v) is 10.6. The molecule has 2 unspecified atom stereocenters. The van der Waals surface area contributed by atoms with E-state index < -0.39 is 0 Å². The van der Waals surface area contributed by atoms with Crippen LogP contribution in [0.5, 0.6) is 11.5 Å². The van der Waals surface area contributed by atoms with Gasteiger partial charge < -0.3 is 19.7 Å². The van der Waals surface area contributed by atoms with Gasteiger partial charge in [-0.1, -0.05) is 20.8 Å². The number of nitrogens with zero attached hydrogens (tertiary/aromatic N) is 1. The number of hydrogen-bond donors (Lipinski definition) is 1. The molecule has 0 aromatic heterocycles. The van der Waals surface area contributed by atoms with Crippen LogP contribution in [-0.2, 0) is 16.0 Å². The number of amides is 2. The molecule has 1 aromatic carbocycles. The molecular formula is C23H34N2O4. The number of carbonyl (C=O) groups is 2. The molecule has 2 aliphatic heterocycles. The van der Waals surface area contributed by atoms with E-state index in [0.29, 0.717) is 31.0 Å². The molecule has 6 heteroatoms. The van der Waals surface area contributed by atoms with Crippen molar-refractivity contribution < 1.29 is 19.1 Å². The Kier molecular flexibility index (Phi) is 6.39. The van der Waals surface area contributed by atoms with Gasteiger partial charge in [-0.25, -0.2) is 0 Å². The molecule has 2 atom stereocenters. The van der Waals surface area contributed by atoms with Crippen LogP contribution in [0.3, 0.4) is 0 Å². The third-order valence-electron chi connectivity index (χ3n) is 6.40. The summed E-state index contributed by atoms with van der Waals surface area (Å²) in [5.74, 6) is 1.73. The van der Waals surface area contributed by atoms with E-state index in [2.05, 4.69) is 26.1 Å². The lowest BCUT2D eigenvalue weighted by Crippen LogP contribution is -2.43. The minimum atomic E-state index is -0.273. The smallest absolute Gasteiger partial charge is 0.223 e. The maximum absolute atomic E-state index is 13.4. The number of nitrogens with one attached hydrogen (secondary N) is 1. The van der Waals surface area contributed by atoms with Crippen LogP contribution in [0.15, 0.2) is 12.1 Å². The molecule has 2 aliphatic rings. The largest absolute Gasteiger partial charge is 0.493 e. The highest BCUT2D eigenvalue weighted by atomic mass is 16.5. The first kappa shape index (κ1) is 21.5. The summed E-state index contributed by atoms with van der Waals surface area (Å²) in [6.45, 7) is 7.87. The van der Waals surface area contributed by atoms with Crippen LogP contribution in [0.25, 0.3) is 0 Å². The van der Waals surface area contributed by atoms with Crippen LogP contribution in [0.2, 0.25) is 0 Å². The SMILES string of the molecule is COc1cc2c(cc1OC)C1CC(=O)NCCCC(C(C)(C)C)CC(=O)N1CC2. The first-order chi connectivity index (χ1) is 13.7. The van der Waals surface area contributed by atoms with E-state index in [1.54, 1.807) is 14.2 Å². The Labute approximate surface area is 173 Å². The molecular weight excluding hydrogens is 368 g/mol. The molecule has 29 heavy (non-hydrogen) atoms. The highest BCUT2D eigenvalue weighted by Gasteiger charge is 2.36. The van der Waals surface area contributed by atoms with Gasteiger partial charge in [0.05, 0.1) is 26.7 Å². The van der Waals surface area contributed by atoms with E-state index in [9.17, 15) is 9.59 Å². The van der Waals surface area contributed by atoms with E-state index in [-0.39, 0.29) is 35.6 Å². The van der Waals surface area contributed by atoms with Gasteiger partial charge in [-0.3, -0.25) is 9.59 Å². The zero-order valence-electron chi connectivity index (χ0n) is 18.3. The van der Waals surface area contributed by atoms with Crippen molar-refractivity contribution in [1.29, 1.82) is 0 Å². The van der Waals surface area contributed by atoms with Crippen LogP contribution >= 0.6 is 0 Å². The fraction of sp³-hybridized carbons (Fsp3) is 0.652. The molecule has 3 rings (SSSR count). The molecule has 2 heterocycles. The lowest BCUT2D eigenvalue weighted by Gasteiger charge is -2.39. The van der Waals surface area contributed by atoms with E-state index in [1.807, 2.05) is 17.0 Å². The molecule has 1 fully saturated rings. The third kappa shape index (κ3) is 4.68. The Morgan fingerprint density at radius 2 is 1.76 bits per heavy atom. The van der Waals surface area contributed by atoms with Crippen molar-refractivity contribution in [2.24, 2.45) is 11.3 Å². The number of methoxy groups -OCH3 is 2. The second kappa shape index (κ2) is 8.64.